The van der Waals surface area contributed by atoms with Crippen LogP contribution in [0.5, 0.6) is 0 Å². The molecule has 19 heavy (non-hydrogen) atoms. The molecule has 1 aromatic heterocycles. The second kappa shape index (κ2) is 7.49. The zero-order valence-electron chi connectivity index (χ0n) is 9.88. The van der Waals surface area contributed by atoms with E-state index in [1.54, 1.807) is 0 Å². The Morgan fingerprint density at radius 1 is 1.68 bits per heavy atom. The third kappa shape index (κ3) is 4.68. The molecule has 0 aliphatic carbocycles. The SMILES string of the molecule is C=CCOC(=O)Nc1nc(/C(=N/OC)C(=O)Cl)cs1. The molecular weight excluding hydrogens is 294 g/mol. The minimum Gasteiger partial charge on any atom is -0.445 e. The lowest BCUT2D eigenvalue weighted by molar-refractivity contribution is -0.106. The fourth-order valence-corrected chi connectivity index (χ4v) is 1.78. The number of amides is 1. The van der Waals surface area contributed by atoms with E-state index in [4.69, 9.17) is 16.3 Å². The molecule has 1 amide bonds. The van der Waals surface area contributed by atoms with E-state index in [1.807, 2.05) is 0 Å². The minimum atomic E-state index is -0.812. The van der Waals surface area contributed by atoms with E-state index in [1.165, 1.54) is 18.6 Å². The predicted octanol–water partition coefficient (Wildman–Crippen LogP) is 1.99. The van der Waals surface area contributed by atoms with Gasteiger partial charge in [0, 0.05) is 5.38 Å². The molecule has 0 radical (unpaired) electrons. The minimum absolute atomic E-state index is 0.0839. The number of hydrogen-bond acceptors (Lipinski definition) is 7. The largest absolute Gasteiger partial charge is 0.445 e. The van der Waals surface area contributed by atoms with E-state index in [0.29, 0.717) is 0 Å². The van der Waals surface area contributed by atoms with Gasteiger partial charge in [-0.25, -0.2) is 9.78 Å². The first-order valence-corrected chi connectivity index (χ1v) is 6.15. The fraction of sp³-hybridized carbons (Fsp3) is 0.200. The Labute approximate surface area is 117 Å². The zero-order valence-corrected chi connectivity index (χ0v) is 11.5. The molecule has 0 bridgehead atoms. The van der Waals surface area contributed by atoms with Gasteiger partial charge in [-0.05, 0) is 11.6 Å². The summed E-state index contributed by atoms with van der Waals surface area (Å²) in [6, 6.07) is 0. The van der Waals surface area contributed by atoms with Crippen molar-refractivity contribution in [2.75, 3.05) is 19.0 Å². The van der Waals surface area contributed by atoms with Gasteiger partial charge in [0.1, 0.15) is 19.4 Å². The van der Waals surface area contributed by atoms with Crippen LogP contribution in [0.2, 0.25) is 0 Å². The quantitative estimate of drug-likeness (QED) is 0.376. The van der Waals surface area contributed by atoms with Gasteiger partial charge in [0.05, 0.1) is 0 Å². The van der Waals surface area contributed by atoms with Gasteiger partial charge in [-0.15, -0.1) is 11.3 Å². The normalized spacial score (nSPS) is 10.7. The van der Waals surface area contributed by atoms with E-state index in [9.17, 15) is 9.59 Å². The summed E-state index contributed by atoms with van der Waals surface area (Å²) in [5.74, 6) is 0. The van der Waals surface area contributed by atoms with Crippen molar-refractivity contribution in [3.8, 4) is 0 Å². The number of nitrogens with zero attached hydrogens (tertiary/aromatic N) is 2. The summed E-state index contributed by atoms with van der Waals surface area (Å²) in [4.78, 5) is 30.8. The highest BCUT2D eigenvalue weighted by molar-refractivity contribution is 7.14. The molecule has 7 nitrogen and oxygen atoms in total. The summed E-state index contributed by atoms with van der Waals surface area (Å²) < 4.78 is 4.71. The van der Waals surface area contributed by atoms with Crippen molar-refractivity contribution in [1.29, 1.82) is 0 Å². The van der Waals surface area contributed by atoms with Gasteiger partial charge in [-0.1, -0.05) is 17.8 Å². The second-order valence-corrected chi connectivity index (χ2v) is 4.15. The molecule has 0 aromatic carbocycles. The van der Waals surface area contributed by atoms with Crippen molar-refractivity contribution in [1.82, 2.24) is 4.98 Å². The van der Waals surface area contributed by atoms with Gasteiger partial charge in [-0.3, -0.25) is 10.1 Å². The highest BCUT2D eigenvalue weighted by atomic mass is 35.5. The Morgan fingerprint density at radius 2 is 2.42 bits per heavy atom. The third-order valence-electron chi connectivity index (χ3n) is 1.66. The number of rotatable bonds is 6. The number of oxime groups is 1. The monoisotopic (exact) mass is 303 g/mol. The third-order valence-corrected chi connectivity index (χ3v) is 2.59. The molecule has 9 heteroatoms. The van der Waals surface area contributed by atoms with Gasteiger partial charge in [0.15, 0.2) is 10.8 Å². The molecule has 1 rings (SSSR count). The Morgan fingerprint density at radius 3 is 3.00 bits per heavy atom. The smallest absolute Gasteiger partial charge is 0.413 e. The maximum Gasteiger partial charge on any atom is 0.413 e. The average Bonchev–Trinajstić information content (AvgIpc) is 2.81. The van der Waals surface area contributed by atoms with Crippen molar-refractivity contribution in [2.24, 2.45) is 5.16 Å². The van der Waals surface area contributed by atoms with Gasteiger partial charge in [-0.2, -0.15) is 0 Å². The number of thiazole rings is 1. The number of carbonyl (C=O) groups excluding carboxylic acids is 2. The van der Waals surface area contributed by atoms with Crippen LogP contribution in [0.3, 0.4) is 0 Å². The maximum absolute atomic E-state index is 11.2. The van der Waals surface area contributed by atoms with Crippen LogP contribution in [0.25, 0.3) is 0 Å². The van der Waals surface area contributed by atoms with Gasteiger partial charge in [0.2, 0.25) is 0 Å². The van der Waals surface area contributed by atoms with E-state index >= 15 is 0 Å². The molecular formula is C10H10ClN3O4S. The molecule has 0 unspecified atom stereocenters. The summed E-state index contributed by atoms with van der Waals surface area (Å²) >= 11 is 6.42. The van der Waals surface area contributed by atoms with Crippen LogP contribution in [-0.4, -0.2) is 35.7 Å². The van der Waals surface area contributed by atoms with Crippen LogP contribution in [0.4, 0.5) is 9.93 Å². The zero-order chi connectivity index (χ0) is 14.3. The number of halogens is 1. The number of ether oxygens (including phenoxy) is 1. The average molecular weight is 304 g/mol. The Kier molecular flexibility index (Phi) is 5.97. The lowest BCUT2D eigenvalue weighted by Crippen LogP contribution is -2.14. The Hall–Kier alpha value is -1.93. The first-order valence-electron chi connectivity index (χ1n) is 4.90. The van der Waals surface area contributed by atoms with E-state index < -0.39 is 11.3 Å². The number of aromatic nitrogens is 1. The molecule has 1 heterocycles. The van der Waals surface area contributed by atoms with Crippen molar-refractivity contribution in [2.45, 2.75) is 0 Å². The lowest BCUT2D eigenvalue weighted by Gasteiger charge is -2.00. The lowest BCUT2D eigenvalue weighted by atomic mass is 10.3. The first-order chi connectivity index (χ1) is 9.08. The summed E-state index contributed by atoms with van der Waals surface area (Å²) in [6.45, 7) is 3.49. The summed E-state index contributed by atoms with van der Waals surface area (Å²) in [5.41, 5.74) is 0.0544. The highest BCUT2D eigenvalue weighted by Gasteiger charge is 2.17. The molecule has 0 spiro atoms. The number of anilines is 1. The first kappa shape index (κ1) is 15.1. The Balaban J connectivity index is 2.76. The predicted molar refractivity (Wildman–Crippen MR) is 71.7 cm³/mol. The topological polar surface area (TPSA) is 89.9 Å². The van der Waals surface area contributed by atoms with E-state index in [2.05, 4.69) is 26.9 Å². The summed E-state index contributed by atoms with van der Waals surface area (Å²) in [5, 5.41) is 6.77. The maximum atomic E-state index is 11.2. The van der Waals surface area contributed by atoms with Crippen LogP contribution in [0, 0.1) is 0 Å². The standard InChI is InChI=1S/C10H10ClN3O4S/c1-3-4-18-10(16)13-9-12-6(5-19-9)7(8(11)15)14-17-2/h3,5H,1,4H2,2H3,(H,12,13,16)/b14-7-. The molecule has 1 aromatic rings. The van der Waals surface area contributed by atoms with E-state index in [-0.39, 0.29) is 23.1 Å². The molecule has 0 aliphatic heterocycles. The molecule has 102 valence electrons. The van der Waals surface area contributed by atoms with Crippen molar-refractivity contribution in [3.63, 3.8) is 0 Å². The number of nitrogens with one attached hydrogen (secondary N) is 1. The number of hydrogen-bond donors (Lipinski definition) is 1. The second-order valence-electron chi connectivity index (χ2n) is 2.95. The molecule has 0 aliphatic rings. The van der Waals surface area contributed by atoms with Crippen LogP contribution in [0.1, 0.15) is 5.69 Å². The molecule has 0 saturated carbocycles. The highest BCUT2D eigenvalue weighted by Crippen LogP contribution is 2.17. The molecule has 0 saturated heterocycles. The van der Waals surface area contributed by atoms with Crippen molar-refractivity contribution < 1.29 is 19.2 Å². The van der Waals surface area contributed by atoms with Gasteiger partial charge < -0.3 is 9.57 Å². The van der Waals surface area contributed by atoms with Crippen molar-refractivity contribution >= 4 is 45.1 Å². The van der Waals surface area contributed by atoms with Gasteiger partial charge >= 0.3 is 6.09 Å². The summed E-state index contributed by atoms with van der Waals surface area (Å²) in [7, 11) is 1.28. The molecule has 0 atom stereocenters. The van der Waals surface area contributed by atoms with Crippen LogP contribution < -0.4 is 5.32 Å². The van der Waals surface area contributed by atoms with Crippen LogP contribution >= 0.6 is 22.9 Å². The van der Waals surface area contributed by atoms with Crippen molar-refractivity contribution in [3.05, 3.63) is 23.7 Å². The fourth-order valence-electron chi connectivity index (χ4n) is 0.973. The van der Waals surface area contributed by atoms with E-state index in [0.717, 1.165) is 11.3 Å². The number of carbonyl (C=O) groups is 2. The molecule has 1 N–H and O–H groups in total. The Bertz CT molecular complexity index is 515. The van der Waals surface area contributed by atoms with Gasteiger partial charge in [0.25, 0.3) is 5.24 Å². The van der Waals surface area contributed by atoms with Crippen LogP contribution in [-0.2, 0) is 14.4 Å². The summed E-state index contributed by atoms with van der Waals surface area (Å²) in [6.07, 6.45) is 0.755. The molecule has 0 fully saturated rings. The van der Waals surface area contributed by atoms with Crippen LogP contribution in [0.15, 0.2) is 23.2 Å².